The second-order valence-corrected chi connectivity index (χ2v) is 6.61. The minimum absolute atomic E-state index is 0.133. The highest BCUT2D eigenvalue weighted by Gasteiger charge is 2.36. The first-order chi connectivity index (χ1) is 12.4. The van der Waals surface area contributed by atoms with E-state index < -0.39 is 16.1 Å². The van der Waals surface area contributed by atoms with Crippen molar-refractivity contribution in [3.05, 3.63) is 68.1 Å². The van der Waals surface area contributed by atoms with Crippen LogP contribution in [-0.4, -0.2) is 23.2 Å². The maximum atomic E-state index is 12.6. The minimum atomic E-state index is -0.547. The molecule has 26 heavy (non-hydrogen) atoms. The van der Waals surface area contributed by atoms with E-state index in [9.17, 15) is 19.7 Å². The van der Waals surface area contributed by atoms with Crippen molar-refractivity contribution in [3.63, 3.8) is 0 Å². The minimum Gasteiger partial charge on any atom is -0.496 e. The largest absolute Gasteiger partial charge is 0.496 e. The summed E-state index contributed by atoms with van der Waals surface area (Å²) >= 11 is 6.66. The fraction of sp³-hybridized carbons (Fsp3) is 0.0588. The van der Waals surface area contributed by atoms with Crippen LogP contribution >= 0.6 is 23.4 Å². The van der Waals surface area contributed by atoms with Crippen LogP contribution in [0.2, 0.25) is 5.02 Å². The van der Waals surface area contributed by atoms with Crippen LogP contribution in [0.4, 0.5) is 16.2 Å². The van der Waals surface area contributed by atoms with E-state index in [-0.39, 0.29) is 10.6 Å². The molecule has 132 valence electrons. The third-order valence-corrected chi connectivity index (χ3v) is 4.68. The molecule has 1 aliphatic heterocycles. The Hall–Kier alpha value is -2.84. The zero-order valence-electron chi connectivity index (χ0n) is 13.3. The average Bonchev–Trinajstić information content (AvgIpc) is 2.88. The highest BCUT2D eigenvalue weighted by molar-refractivity contribution is 8.19. The lowest BCUT2D eigenvalue weighted by atomic mass is 10.1. The van der Waals surface area contributed by atoms with E-state index >= 15 is 0 Å². The normalized spacial score (nSPS) is 15.6. The molecule has 0 saturated carbocycles. The molecule has 2 aromatic rings. The Morgan fingerprint density at radius 1 is 1.23 bits per heavy atom. The molecule has 1 heterocycles. The van der Waals surface area contributed by atoms with Gasteiger partial charge >= 0.3 is 0 Å². The molecule has 0 spiro atoms. The third kappa shape index (κ3) is 3.42. The topological polar surface area (TPSA) is 89.8 Å². The molecule has 1 fully saturated rings. The number of carbonyl (C=O) groups is 2. The monoisotopic (exact) mass is 390 g/mol. The molecule has 3 rings (SSSR count). The number of carbonyl (C=O) groups excluding carboxylic acids is 2. The van der Waals surface area contributed by atoms with Crippen LogP contribution in [0.5, 0.6) is 5.75 Å². The van der Waals surface area contributed by atoms with Crippen LogP contribution in [0.1, 0.15) is 5.56 Å². The Morgan fingerprint density at radius 2 is 2.00 bits per heavy atom. The Labute approximate surface area is 157 Å². The number of imide groups is 1. The molecule has 0 aliphatic carbocycles. The molecule has 7 nitrogen and oxygen atoms in total. The van der Waals surface area contributed by atoms with Gasteiger partial charge in [-0.1, -0.05) is 17.7 Å². The molecule has 0 unspecified atom stereocenters. The lowest BCUT2D eigenvalue weighted by Crippen LogP contribution is -2.27. The zero-order valence-corrected chi connectivity index (χ0v) is 14.9. The summed E-state index contributed by atoms with van der Waals surface area (Å²) in [5.74, 6) is -0.180. The van der Waals surface area contributed by atoms with Crippen molar-refractivity contribution in [2.45, 2.75) is 0 Å². The molecule has 0 aromatic heterocycles. The second-order valence-electron chi connectivity index (χ2n) is 5.18. The number of nitro benzene ring substituents is 1. The van der Waals surface area contributed by atoms with Crippen LogP contribution < -0.4 is 9.64 Å². The van der Waals surface area contributed by atoms with E-state index in [2.05, 4.69) is 0 Å². The van der Waals surface area contributed by atoms with Gasteiger partial charge in [-0.3, -0.25) is 19.7 Å². The van der Waals surface area contributed by atoms with Gasteiger partial charge in [-0.2, -0.15) is 0 Å². The first-order valence-electron chi connectivity index (χ1n) is 7.26. The van der Waals surface area contributed by atoms with Gasteiger partial charge in [0.1, 0.15) is 5.75 Å². The van der Waals surface area contributed by atoms with Crippen molar-refractivity contribution >= 4 is 52.0 Å². The summed E-state index contributed by atoms with van der Waals surface area (Å²) < 4.78 is 5.18. The summed E-state index contributed by atoms with van der Waals surface area (Å²) in [6.45, 7) is 0. The summed E-state index contributed by atoms with van der Waals surface area (Å²) in [6, 6.07) is 10.4. The number of anilines is 1. The summed E-state index contributed by atoms with van der Waals surface area (Å²) in [5, 5.41) is 10.9. The Morgan fingerprint density at radius 3 is 2.65 bits per heavy atom. The maximum Gasteiger partial charge on any atom is 0.298 e. The zero-order chi connectivity index (χ0) is 18.8. The molecule has 0 bridgehead atoms. The Bertz CT molecular complexity index is 960. The first kappa shape index (κ1) is 18.0. The van der Waals surface area contributed by atoms with Crippen molar-refractivity contribution in [3.8, 4) is 5.75 Å². The maximum absolute atomic E-state index is 12.6. The van der Waals surface area contributed by atoms with Crippen molar-refractivity contribution in [2.24, 2.45) is 0 Å². The fourth-order valence-corrected chi connectivity index (χ4v) is 3.41. The summed E-state index contributed by atoms with van der Waals surface area (Å²) in [7, 11) is 1.41. The van der Waals surface area contributed by atoms with E-state index in [1.54, 1.807) is 18.2 Å². The van der Waals surface area contributed by atoms with E-state index in [1.807, 2.05) is 0 Å². The molecule has 2 amide bonds. The highest BCUT2D eigenvalue weighted by atomic mass is 35.5. The lowest BCUT2D eigenvalue weighted by Gasteiger charge is -2.12. The number of hydrogen-bond acceptors (Lipinski definition) is 6. The number of amides is 2. The quantitative estimate of drug-likeness (QED) is 0.434. The van der Waals surface area contributed by atoms with Crippen molar-refractivity contribution in [1.82, 2.24) is 0 Å². The van der Waals surface area contributed by atoms with Gasteiger partial charge < -0.3 is 4.74 Å². The molecule has 0 N–H and O–H groups in total. The number of non-ortho nitro benzene ring substituents is 1. The molecular formula is C17H11ClN2O5S. The molecular weight excluding hydrogens is 380 g/mol. The van der Waals surface area contributed by atoms with Gasteiger partial charge in [0.2, 0.25) is 0 Å². The van der Waals surface area contributed by atoms with Gasteiger partial charge in [-0.25, -0.2) is 4.90 Å². The van der Waals surface area contributed by atoms with Gasteiger partial charge in [0.15, 0.2) is 0 Å². The summed E-state index contributed by atoms with van der Waals surface area (Å²) in [5.41, 5.74) is 0.541. The van der Waals surface area contributed by atoms with Crippen LogP contribution in [-0.2, 0) is 4.79 Å². The van der Waals surface area contributed by atoms with Gasteiger partial charge in [0, 0.05) is 22.7 Å². The number of nitrogens with zero attached hydrogens (tertiary/aromatic N) is 2. The molecule has 1 aliphatic rings. The summed E-state index contributed by atoms with van der Waals surface area (Å²) in [6.07, 6.45) is 1.40. The fourth-order valence-electron chi connectivity index (χ4n) is 2.39. The predicted octanol–water partition coefficient (Wildman–Crippen LogP) is 4.50. The number of hydrogen-bond donors (Lipinski definition) is 0. The van der Waals surface area contributed by atoms with Gasteiger partial charge in [0.05, 0.1) is 22.6 Å². The summed E-state index contributed by atoms with van der Waals surface area (Å²) in [4.78, 5) is 36.5. The van der Waals surface area contributed by atoms with Gasteiger partial charge in [0.25, 0.3) is 16.8 Å². The predicted molar refractivity (Wildman–Crippen MR) is 99.6 cm³/mol. The second kappa shape index (κ2) is 7.19. The van der Waals surface area contributed by atoms with Crippen molar-refractivity contribution in [1.29, 1.82) is 0 Å². The van der Waals surface area contributed by atoms with E-state index in [0.717, 1.165) is 16.7 Å². The van der Waals surface area contributed by atoms with Crippen LogP contribution in [0, 0.1) is 10.1 Å². The molecule has 0 atom stereocenters. The molecule has 0 radical (unpaired) electrons. The SMILES string of the molecule is COc1ccc([N+](=O)[O-])cc1/C=C1/SC(=O)N(c2cccc(Cl)c2)C1=O. The standard InChI is InChI=1S/C17H11ClN2O5S/c1-25-14-6-5-13(20(23)24)7-10(14)8-15-16(21)19(17(22)26-15)12-4-2-3-11(18)9-12/h2-9H,1H3/b15-8+. The number of thioether (sulfide) groups is 1. The van der Waals surface area contributed by atoms with E-state index in [4.69, 9.17) is 16.3 Å². The average molecular weight is 391 g/mol. The number of ether oxygens (including phenoxy) is 1. The smallest absolute Gasteiger partial charge is 0.298 e. The first-order valence-corrected chi connectivity index (χ1v) is 8.46. The third-order valence-electron chi connectivity index (χ3n) is 3.57. The van der Waals surface area contributed by atoms with Crippen molar-refractivity contribution in [2.75, 3.05) is 12.0 Å². The molecule has 9 heteroatoms. The number of rotatable bonds is 4. The van der Waals surface area contributed by atoms with E-state index in [0.29, 0.717) is 22.0 Å². The number of nitro groups is 1. The Balaban J connectivity index is 2.00. The number of halogens is 1. The van der Waals surface area contributed by atoms with Crippen LogP contribution in [0.25, 0.3) is 6.08 Å². The van der Waals surface area contributed by atoms with Gasteiger partial charge in [-0.15, -0.1) is 0 Å². The van der Waals surface area contributed by atoms with E-state index in [1.165, 1.54) is 37.5 Å². The van der Waals surface area contributed by atoms with Gasteiger partial charge in [-0.05, 0) is 42.1 Å². The number of benzene rings is 2. The van der Waals surface area contributed by atoms with Crippen LogP contribution in [0.15, 0.2) is 47.4 Å². The highest BCUT2D eigenvalue weighted by Crippen LogP contribution is 2.38. The van der Waals surface area contributed by atoms with Crippen molar-refractivity contribution < 1.29 is 19.2 Å². The lowest BCUT2D eigenvalue weighted by molar-refractivity contribution is -0.384. The van der Waals surface area contributed by atoms with Crippen LogP contribution in [0.3, 0.4) is 0 Å². The number of methoxy groups -OCH3 is 1. The Kier molecular flexibility index (Phi) is 4.97. The molecule has 2 aromatic carbocycles. The molecule has 1 saturated heterocycles.